The summed E-state index contributed by atoms with van der Waals surface area (Å²) in [5.74, 6) is 0.365. The second kappa shape index (κ2) is 7.85. The number of rotatable bonds is 6. The van der Waals surface area contributed by atoms with Crippen LogP contribution >= 0.6 is 0 Å². The molecule has 1 aromatic rings. The average Bonchev–Trinajstić information content (AvgIpc) is 2.58. The Kier molecular flexibility index (Phi) is 6.06. The summed E-state index contributed by atoms with van der Waals surface area (Å²) in [4.78, 5) is 16.5. The van der Waals surface area contributed by atoms with E-state index in [1.807, 2.05) is 0 Å². The molecule has 1 aliphatic rings. The van der Waals surface area contributed by atoms with E-state index in [1.54, 1.807) is 29.2 Å². The van der Waals surface area contributed by atoms with Gasteiger partial charge >= 0.3 is 0 Å². The summed E-state index contributed by atoms with van der Waals surface area (Å²) in [6.07, 6.45) is 1.11. The summed E-state index contributed by atoms with van der Waals surface area (Å²) >= 11 is 0. The zero-order valence-corrected chi connectivity index (χ0v) is 15.3. The van der Waals surface area contributed by atoms with Crippen LogP contribution in [0.5, 0.6) is 5.75 Å². The molecule has 2 rings (SSSR count). The molecule has 0 unspecified atom stereocenters. The highest BCUT2D eigenvalue weighted by atomic mass is 32.2. The van der Waals surface area contributed by atoms with Crippen LogP contribution in [-0.4, -0.2) is 76.8 Å². The molecule has 7 nitrogen and oxygen atoms in total. The highest BCUT2D eigenvalue weighted by Crippen LogP contribution is 2.23. The highest BCUT2D eigenvalue weighted by molar-refractivity contribution is 7.92. The van der Waals surface area contributed by atoms with Gasteiger partial charge in [-0.05, 0) is 18.7 Å². The van der Waals surface area contributed by atoms with Crippen LogP contribution in [0.1, 0.15) is 6.92 Å². The fraction of sp³-hybridized carbons (Fsp3) is 0.562. The minimum Gasteiger partial charge on any atom is -0.497 e. The number of anilines is 1. The monoisotopic (exact) mass is 355 g/mol. The maximum absolute atomic E-state index is 12.5. The number of ether oxygens (including phenoxy) is 1. The lowest BCUT2D eigenvalue weighted by atomic mass is 10.3. The molecule has 0 radical (unpaired) electrons. The fourth-order valence-corrected chi connectivity index (χ4v) is 3.54. The van der Waals surface area contributed by atoms with Crippen molar-refractivity contribution in [1.29, 1.82) is 0 Å². The SMILES string of the molecule is CCN1CCN(C(=O)CN(c2cccc(OC)c2)S(C)(=O)=O)CC1. The summed E-state index contributed by atoms with van der Waals surface area (Å²) in [6, 6.07) is 6.71. The van der Waals surface area contributed by atoms with Gasteiger partial charge in [0.1, 0.15) is 12.3 Å². The van der Waals surface area contributed by atoms with Crippen LogP contribution in [0.25, 0.3) is 0 Å². The van der Waals surface area contributed by atoms with Gasteiger partial charge in [-0.2, -0.15) is 0 Å². The van der Waals surface area contributed by atoms with Gasteiger partial charge < -0.3 is 14.5 Å². The number of sulfonamides is 1. The molecule has 0 aliphatic carbocycles. The predicted octanol–water partition coefficient (Wildman–Crippen LogP) is 0.625. The van der Waals surface area contributed by atoms with E-state index in [-0.39, 0.29) is 12.5 Å². The number of likely N-dealkylation sites (N-methyl/N-ethyl adjacent to an activating group) is 1. The summed E-state index contributed by atoms with van der Waals surface area (Å²) in [7, 11) is -2.06. The Labute approximate surface area is 143 Å². The molecular weight excluding hydrogens is 330 g/mol. The van der Waals surface area contributed by atoms with Crippen molar-refractivity contribution in [2.75, 3.05) is 56.9 Å². The molecular formula is C16H25N3O4S. The van der Waals surface area contributed by atoms with Crippen LogP contribution in [0, 0.1) is 0 Å². The van der Waals surface area contributed by atoms with E-state index in [0.29, 0.717) is 24.5 Å². The number of amides is 1. The standard InChI is InChI=1S/C16H25N3O4S/c1-4-17-8-10-18(11-9-17)16(20)13-19(24(3,21)22)14-6-5-7-15(12-14)23-2/h5-7,12H,4,8-11,13H2,1-3H3. The third kappa shape index (κ3) is 4.61. The molecule has 1 amide bonds. The Morgan fingerprint density at radius 1 is 1.25 bits per heavy atom. The van der Waals surface area contributed by atoms with Gasteiger partial charge in [-0.1, -0.05) is 13.0 Å². The zero-order chi connectivity index (χ0) is 17.7. The molecule has 1 aromatic carbocycles. The summed E-state index contributed by atoms with van der Waals surface area (Å²) in [5, 5.41) is 0. The minimum absolute atomic E-state index is 0.181. The Balaban J connectivity index is 2.13. The Morgan fingerprint density at radius 3 is 2.46 bits per heavy atom. The third-order valence-electron chi connectivity index (χ3n) is 4.19. The van der Waals surface area contributed by atoms with Gasteiger partial charge in [0.15, 0.2) is 0 Å². The van der Waals surface area contributed by atoms with Crippen LogP contribution in [-0.2, 0) is 14.8 Å². The topological polar surface area (TPSA) is 70.2 Å². The molecule has 24 heavy (non-hydrogen) atoms. The van der Waals surface area contributed by atoms with Crippen molar-refractivity contribution in [2.24, 2.45) is 0 Å². The van der Waals surface area contributed by atoms with Crippen molar-refractivity contribution >= 4 is 21.6 Å². The Morgan fingerprint density at radius 2 is 1.92 bits per heavy atom. The number of methoxy groups -OCH3 is 1. The van der Waals surface area contributed by atoms with Crippen molar-refractivity contribution in [3.05, 3.63) is 24.3 Å². The molecule has 1 fully saturated rings. The van der Waals surface area contributed by atoms with Crippen molar-refractivity contribution in [2.45, 2.75) is 6.92 Å². The van der Waals surface area contributed by atoms with E-state index in [9.17, 15) is 13.2 Å². The van der Waals surface area contributed by atoms with E-state index in [2.05, 4.69) is 11.8 Å². The molecule has 0 atom stereocenters. The van der Waals surface area contributed by atoms with Gasteiger partial charge in [0.25, 0.3) is 0 Å². The lowest BCUT2D eigenvalue weighted by Crippen LogP contribution is -2.51. The van der Waals surface area contributed by atoms with Gasteiger partial charge in [0.05, 0.1) is 19.1 Å². The maximum Gasteiger partial charge on any atom is 0.243 e. The third-order valence-corrected chi connectivity index (χ3v) is 5.33. The van der Waals surface area contributed by atoms with Gasteiger partial charge in [0.2, 0.25) is 15.9 Å². The van der Waals surface area contributed by atoms with Gasteiger partial charge in [-0.3, -0.25) is 9.10 Å². The molecule has 0 saturated carbocycles. The second-order valence-electron chi connectivity index (χ2n) is 5.79. The number of piperazine rings is 1. The number of hydrogen-bond donors (Lipinski definition) is 0. The Hall–Kier alpha value is -1.80. The number of carbonyl (C=O) groups is 1. The van der Waals surface area contributed by atoms with E-state index in [1.165, 1.54) is 7.11 Å². The van der Waals surface area contributed by atoms with Gasteiger partial charge in [0, 0.05) is 32.2 Å². The van der Waals surface area contributed by atoms with Crippen molar-refractivity contribution < 1.29 is 17.9 Å². The first kappa shape index (κ1) is 18.5. The first-order chi connectivity index (χ1) is 11.3. The summed E-state index contributed by atoms with van der Waals surface area (Å²) in [6.45, 7) is 5.75. The minimum atomic E-state index is -3.57. The molecule has 1 saturated heterocycles. The quantitative estimate of drug-likeness (QED) is 0.748. The first-order valence-electron chi connectivity index (χ1n) is 7.97. The average molecular weight is 355 g/mol. The molecule has 0 aromatic heterocycles. The van der Waals surface area contributed by atoms with E-state index >= 15 is 0 Å². The van der Waals surface area contributed by atoms with E-state index in [4.69, 9.17) is 4.74 Å². The number of hydrogen-bond acceptors (Lipinski definition) is 5. The molecule has 0 N–H and O–H groups in total. The number of benzene rings is 1. The summed E-state index contributed by atoms with van der Waals surface area (Å²) in [5.41, 5.74) is 0.428. The Bertz CT molecular complexity index is 670. The van der Waals surface area contributed by atoms with Crippen LogP contribution < -0.4 is 9.04 Å². The molecule has 0 bridgehead atoms. The van der Waals surface area contributed by atoms with E-state index < -0.39 is 10.0 Å². The second-order valence-corrected chi connectivity index (χ2v) is 7.69. The van der Waals surface area contributed by atoms with Crippen LogP contribution in [0.2, 0.25) is 0 Å². The lowest BCUT2D eigenvalue weighted by Gasteiger charge is -2.35. The van der Waals surface area contributed by atoms with Gasteiger partial charge in [-0.15, -0.1) is 0 Å². The highest BCUT2D eigenvalue weighted by Gasteiger charge is 2.26. The van der Waals surface area contributed by atoms with Crippen molar-refractivity contribution in [1.82, 2.24) is 9.80 Å². The maximum atomic E-state index is 12.5. The van der Waals surface area contributed by atoms with Crippen molar-refractivity contribution in [3.63, 3.8) is 0 Å². The molecule has 1 heterocycles. The fourth-order valence-electron chi connectivity index (χ4n) is 2.70. The summed E-state index contributed by atoms with van der Waals surface area (Å²) < 4.78 is 30.6. The smallest absolute Gasteiger partial charge is 0.243 e. The molecule has 1 aliphatic heterocycles. The van der Waals surface area contributed by atoms with Gasteiger partial charge in [-0.25, -0.2) is 8.42 Å². The molecule has 8 heteroatoms. The normalized spacial score (nSPS) is 16.0. The number of nitrogens with zero attached hydrogens (tertiary/aromatic N) is 3. The molecule has 134 valence electrons. The predicted molar refractivity (Wildman–Crippen MR) is 93.9 cm³/mol. The lowest BCUT2D eigenvalue weighted by molar-refractivity contribution is -0.131. The number of carbonyl (C=O) groups excluding carboxylic acids is 1. The van der Waals surface area contributed by atoms with Crippen LogP contribution in [0.15, 0.2) is 24.3 Å². The van der Waals surface area contributed by atoms with Crippen molar-refractivity contribution in [3.8, 4) is 5.75 Å². The largest absolute Gasteiger partial charge is 0.497 e. The van der Waals surface area contributed by atoms with Crippen LogP contribution in [0.3, 0.4) is 0 Å². The van der Waals surface area contributed by atoms with E-state index in [0.717, 1.165) is 30.2 Å². The van der Waals surface area contributed by atoms with Crippen LogP contribution in [0.4, 0.5) is 5.69 Å². The molecule has 0 spiro atoms. The first-order valence-corrected chi connectivity index (χ1v) is 9.82. The zero-order valence-electron chi connectivity index (χ0n) is 14.4.